The van der Waals surface area contributed by atoms with Crippen LogP contribution in [0.1, 0.15) is 36.7 Å². The van der Waals surface area contributed by atoms with Crippen LogP contribution < -0.4 is 19.5 Å². The molecular weight excluding hydrogens is 436 g/mol. The van der Waals surface area contributed by atoms with E-state index in [1.54, 1.807) is 26.8 Å². The van der Waals surface area contributed by atoms with Gasteiger partial charge in [-0.2, -0.15) is 0 Å². The van der Waals surface area contributed by atoms with Gasteiger partial charge in [0.2, 0.25) is 5.91 Å². The fraction of sp³-hybridized carbons (Fsp3) is 0.364. The summed E-state index contributed by atoms with van der Waals surface area (Å²) in [5.41, 5.74) is 0.242. The van der Waals surface area contributed by atoms with Gasteiger partial charge in [0, 0.05) is 18.0 Å². The van der Waals surface area contributed by atoms with E-state index in [1.165, 1.54) is 37.4 Å². The number of anilines is 1. The fourth-order valence-electron chi connectivity index (χ4n) is 2.94. The zero-order chi connectivity index (χ0) is 23.5. The molecule has 10 heteroatoms. The van der Waals surface area contributed by atoms with E-state index in [0.717, 1.165) is 0 Å². The Labute approximate surface area is 187 Å². The van der Waals surface area contributed by atoms with Crippen LogP contribution in [0.5, 0.6) is 11.5 Å². The largest absolute Gasteiger partial charge is 0.486 e. The maximum Gasteiger partial charge on any atom is 0.337 e. The lowest BCUT2D eigenvalue weighted by Crippen LogP contribution is -2.34. The van der Waals surface area contributed by atoms with Crippen LogP contribution in [0.3, 0.4) is 0 Å². The molecule has 0 atom stereocenters. The molecule has 1 aliphatic heterocycles. The van der Waals surface area contributed by atoms with Crippen LogP contribution in [0.2, 0.25) is 0 Å². The van der Waals surface area contributed by atoms with Gasteiger partial charge in [-0.1, -0.05) is 20.8 Å². The van der Waals surface area contributed by atoms with E-state index in [0.29, 0.717) is 30.3 Å². The number of nitrogens with one attached hydrogen (secondary N) is 2. The number of ether oxygens (including phenoxy) is 3. The van der Waals surface area contributed by atoms with E-state index < -0.39 is 21.4 Å². The van der Waals surface area contributed by atoms with Gasteiger partial charge in [0.05, 0.1) is 23.3 Å². The summed E-state index contributed by atoms with van der Waals surface area (Å²) in [4.78, 5) is 24.3. The van der Waals surface area contributed by atoms with Crippen LogP contribution >= 0.6 is 0 Å². The minimum Gasteiger partial charge on any atom is -0.486 e. The van der Waals surface area contributed by atoms with Crippen LogP contribution in [-0.4, -0.2) is 40.6 Å². The highest BCUT2D eigenvalue weighted by Crippen LogP contribution is 2.33. The fourth-order valence-corrected chi connectivity index (χ4v) is 4.00. The quantitative estimate of drug-likeness (QED) is 0.633. The van der Waals surface area contributed by atoms with Gasteiger partial charge >= 0.3 is 5.97 Å². The molecule has 0 radical (unpaired) electrons. The van der Waals surface area contributed by atoms with Gasteiger partial charge in [0.25, 0.3) is 10.0 Å². The van der Waals surface area contributed by atoms with Crippen LogP contribution in [0.25, 0.3) is 0 Å². The van der Waals surface area contributed by atoms with Crippen molar-refractivity contribution in [2.75, 3.05) is 25.0 Å². The van der Waals surface area contributed by atoms with Gasteiger partial charge < -0.3 is 19.5 Å². The lowest BCUT2D eigenvalue weighted by Gasteiger charge is -2.19. The third-order valence-corrected chi connectivity index (χ3v) is 6.00. The van der Waals surface area contributed by atoms with Gasteiger partial charge in [-0.05, 0) is 35.9 Å². The van der Waals surface area contributed by atoms with Crippen LogP contribution in [0.4, 0.5) is 5.69 Å². The summed E-state index contributed by atoms with van der Waals surface area (Å²) in [5.74, 6) is 0.000869. The third-order valence-electron chi connectivity index (χ3n) is 4.62. The maximum atomic E-state index is 13.0. The molecule has 3 rings (SSSR count). The second kappa shape index (κ2) is 9.07. The first-order valence-electron chi connectivity index (χ1n) is 9.92. The summed E-state index contributed by atoms with van der Waals surface area (Å²) in [5, 5.41) is 2.78. The van der Waals surface area contributed by atoms with Crippen molar-refractivity contribution in [2.45, 2.75) is 32.2 Å². The van der Waals surface area contributed by atoms with E-state index in [2.05, 4.69) is 10.0 Å². The number of rotatable bonds is 6. The summed E-state index contributed by atoms with van der Waals surface area (Å²) in [6.07, 6.45) is 0. The molecule has 172 valence electrons. The molecule has 9 nitrogen and oxygen atoms in total. The number of benzene rings is 2. The first kappa shape index (κ1) is 23.4. The maximum absolute atomic E-state index is 13.0. The molecule has 1 aliphatic rings. The van der Waals surface area contributed by atoms with Crippen molar-refractivity contribution < 1.29 is 32.2 Å². The number of hydrogen-bond acceptors (Lipinski definition) is 7. The Kier molecular flexibility index (Phi) is 6.63. The highest BCUT2D eigenvalue weighted by molar-refractivity contribution is 7.92. The molecule has 32 heavy (non-hydrogen) atoms. The van der Waals surface area contributed by atoms with Gasteiger partial charge in [-0.15, -0.1) is 0 Å². The second-order valence-electron chi connectivity index (χ2n) is 8.25. The zero-order valence-electron chi connectivity index (χ0n) is 18.4. The predicted molar refractivity (Wildman–Crippen MR) is 117 cm³/mol. The van der Waals surface area contributed by atoms with Gasteiger partial charge in [-0.25, -0.2) is 13.2 Å². The molecule has 2 aromatic rings. The SMILES string of the molecule is COC(=O)c1cc(CNC(=O)C(C)(C)C)cc(NS(=O)(=O)c2ccc3c(c2)OCCO3)c1. The summed E-state index contributed by atoms with van der Waals surface area (Å²) in [6.45, 7) is 6.17. The standard InChI is InChI=1S/C22H26N2O7S/c1-22(2,3)21(26)23-13-14-9-15(20(25)29-4)11-16(10-14)24-32(27,28)17-5-6-18-19(12-17)31-8-7-30-18/h5-6,9-12,24H,7-8,13H2,1-4H3,(H,23,26). The number of carbonyl (C=O) groups is 2. The first-order valence-corrected chi connectivity index (χ1v) is 11.4. The summed E-state index contributed by atoms with van der Waals surface area (Å²) in [7, 11) is -2.76. The number of fused-ring (bicyclic) bond motifs is 1. The molecule has 2 N–H and O–H groups in total. The summed E-state index contributed by atoms with van der Waals surface area (Å²) >= 11 is 0. The normalized spacial score (nSPS) is 13.2. The van der Waals surface area contributed by atoms with Crippen molar-refractivity contribution >= 4 is 27.6 Å². The van der Waals surface area contributed by atoms with Crippen molar-refractivity contribution in [1.82, 2.24) is 5.32 Å². The van der Waals surface area contributed by atoms with Gasteiger partial charge in [0.15, 0.2) is 11.5 Å². The molecule has 1 amide bonds. The summed E-state index contributed by atoms with van der Waals surface area (Å²) < 4.78 is 44.0. The molecule has 0 aromatic heterocycles. The minimum atomic E-state index is -3.99. The number of amides is 1. The lowest BCUT2D eigenvalue weighted by atomic mass is 9.95. The van der Waals surface area contributed by atoms with E-state index in [1.807, 2.05) is 0 Å². The van der Waals surface area contributed by atoms with Crippen LogP contribution in [0, 0.1) is 5.41 Å². The Morgan fingerprint density at radius 2 is 1.72 bits per heavy atom. The first-order chi connectivity index (χ1) is 15.0. The number of sulfonamides is 1. The minimum absolute atomic E-state index is 0.0205. The summed E-state index contributed by atoms with van der Waals surface area (Å²) in [6, 6.07) is 8.77. The molecule has 0 saturated heterocycles. The van der Waals surface area contributed by atoms with Crippen molar-refractivity contribution in [3.63, 3.8) is 0 Å². The second-order valence-corrected chi connectivity index (χ2v) is 9.94. The van der Waals surface area contributed by atoms with E-state index in [4.69, 9.17) is 14.2 Å². The van der Waals surface area contributed by atoms with Gasteiger partial charge in [0.1, 0.15) is 13.2 Å². The molecule has 0 unspecified atom stereocenters. The highest BCUT2D eigenvalue weighted by Gasteiger charge is 2.22. The monoisotopic (exact) mass is 462 g/mol. The Bertz CT molecular complexity index is 1140. The molecule has 0 aliphatic carbocycles. The van der Waals surface area contributed by atoms with Crippen LogP contribution in [-0.2, 0) is 26.1 Å². The van der Waals surface area contributed by atoms with Crippen molar-refractivity contribution in [1.29, 1.82) is 0 Å². The highest BCUT2D eigenvalue weighted by atomic mass is 32.2. The molecular formula is C22H26N2O7S. The van der Waals surface area contributed by atoms with Crippen molar-refractivity contribution in [3.05, 3.63) is 47.5 Å². The Hall–Kier alpha value is -3.27. The van der Waals surface area contributed by atoms with Gasteiger partial charge in [-0.3, -0.25) is 9.52 Å². The molecule has 0 bridgehead atoms. The molecule has 2 aromatic carbocycles. The van der Waals surface area contributed by atoms with E-state index >= 15 is 0 Å². The van der Waals surface area contributed by atoms with Crippen molar-refractivity contribution in [3.8, 4) is 11.5 Å². The van der Waals surface area contributed by atoms with E-state index in [9.17, 15) is 18.0 Å². The predicted octanol–water partition coefficient (Wildman–Crippen LogP) is 2.71. The Balaban J connectivity index is 1.88. The number of methoxy groups -OCH3 is 1. The van der Waals surface area contributed by atoms with Crippen LogP contribution in [0.15, 0.2) is 41.3 Å². The molecule has 0 spiro atoms. The molecule has 0 fully saturated rings. The number of hydrogen-bond donors (Lipinski definition) is 2. The third kappa shape index (κ3) is 5.50. The number of carbonyl (C=O) groups excluding carboxylic acids is 2. The van der Waals surface area contributed by atoms with E-state index in [-0.39, 0.29) is 28.6 Å². The zero-order valence-corrected chi connectivity index (χ0v) is 19.2. The smallest absolute Gasteiger partial charge is 0.337 e. The molecule has 0 saturated carbocycles. The Morgan fingerprint density at radius 1 is 1.03 bits per heavy atom. The molecule has 1 heterocycles. The average Bonchev–Trinajstić information content (AvgIpc) is 2.75. The Morgan fingerprint density at radius 3 is 2.38 bits per heavy atom. The number of esters is 1. The topological polar surface area (TPSA) is 120 Å². The lowest BCUT2D eigenvalue weighted by molar-refractivity contribution is -0.128. The van der Waals surface area contributed by atoms with Crippen molar-refractivity contribution in [2.24, 2.45) is 5.41 Å². The average molecular weight is 463 g/mol.